The molecule has 8 heteroatoms. The van der Waals surface area contributed by atoms with Crippen LogP contribution in [0.2, 0.25) is 0 Å². The maximum Gasteiger partial charge on any atom is 0.512 e. The van der Waals surface area contributed by atoms with E-state index in [4.69, 9.17) is 9.47 Å². The number of hydrogen-bond donors (Lipinski definition) is 2. The SMILES string of the molecule is Cc1nn(C)c(C)c1-c1cccc2c(CCCOc3cccc4c(F)cccc34)c(OC(=O)O)[nH]c12. The van der Waals surface area contributed by atoms with Crippen molar-refractivity contribution < 1.29 is 23.8 Å². The lowest BCUT2D eigenvalue weighted by Gasteiger charge is -2.10. The molecule has 0 saturated heterocycles. The summed E-state index contributed by atoms with van der Waals surface area (Å²) in [6.07, 6.45) is -0.257. The van der Waals surface area contributed by atoms with Crippen molar-refractivity contribution >= 4 is 27.8 Å². The molecule has 0 amide bonds. The Labute approximate surface area is 207 Å². The van der Waals surface area contributed by atoms with Crippen molar-refractivity contribution in [3.63, 3.8) is 0 Å². The molecule has 0 fully saturated rings. The van der Waals surface area contributed by atoms with Crippen molar-refractivity contribution in [2.45, 2.75) is 26.7 Å². The molecule has 0 aliphatic rings. The number of nitrogens with one attached hydrogen (secondary N) is 1. The molecule has 0 saturated carbocycles. The fourth-order valence-electron chi connectivity index (χ4n) is 4.84. The Balaban J connectivity index is 1.44. The van der Waals surface area contributed by atoms with Crippen LogP contribution in [0.25, 0.3) is 32.8 Å². The maximum absolute atomic E-state index is 14.1. The van der Waals surface area contributed by atoms with Crippen LogP contribution in [0, 0.1) is 19.7 Å². The van der Waals surface area contributed by atoms with E-state index in [1.807, 2.05) is 55.9 Å². The number of H-pyrrole nitrogens is 1. The van der Waals surface area contributed by atoms with Crippen LogP contribution >= 0.6 is 0 Å². The van der Waals surface area contributed by atoms with Gasteiger partial charge >= 0.3 is 6.16 Å². The lowest BCUT2D eigenvalue weighted by Crippen LogP contribution is -2.06. The van der Waals surface area contributed by atoms with Crippen LogP contribution in [-0.2, 0) is 13.5 Å². The van der Waals surface area contributed by atoms with Crippen molar-refractivity contribution in [3.8, 4) is 22.8 Å². The summed E-state index contributed by atoms with van der Waals surface area (Å²) in [7, 11) is 1.90. The predicted octanol–water partition coefficient (Wildman–Crippen LogP) is 6.55. The van der Waals surface area contributed by atoms with E-state index in [-0.39, 0.29) is 11.7 Å². The van der Waals surface area contributed by atoms with Gasteiger partial charge in [0.15, 0.2) is 0 Å². The summed E-state index contributed by atoms with van der Waals surface area (Å²) in [5, 5.41) is 16.0. The molecule has 0 aliphatic carbocycles. The van der Waals surface area contributed by atoms with Gasteiger partial charge in [-0.3, -0.25) is 4.68 Å². The standard InChI is InChI=1S/C28H26FN3O4/c1-16-25(17(2)32(3)31-16)22-11-4-10-20-21(27(30-26(20)22)36-28(33)34)12-7-15-35-24-14-6-8-18-19(24)9-5-13-23(18)29/h4-6,8-11,13-14,30H,7,12,15H2,1-3H3,(H,33,34). The fraction of sp³-hybridized carbons (Fsp3) is 0.214. The van der Waals surface area contributed by atoms with Crippen LogP contribution < -0.4 is 9.47 Å². The topological polar surface area (TPSA) is 89.4 Å². The van der Waals surface area contributed by atoms with E-state index in [0.717, 1.165) is 39.0 Å². The summed E-state index contributed by atoms with van der Waals surface area (Å²) in [5.41, 5.74) is 5.40. The molecule has 2 heterocycles. The van der Waals surface area contributed by atoms with Crippen LogP contribution in [0.1, 0.15) is 23.4 Å². The average molecular weight is 488 g/mol. The summed E-state index contributed by atoms with van der Waals surface area (Å²) < 4.78 is 27.1. The number of carboxylic acid groups (broad SMARTS) is 1. The molecule has 0 aliphatic heterocycles. The number of rotatable bonds is 7. The van der Waals surface area contributed by atoms with E-state index in [1.165, 1.54) is 6.07 Å². The number of aromatic amines is 1. The van der Waals surface area contributed by atoms with Gasteiger partial charge in [-0.05, 0) is 38.8 Å². The van der Waals surface area contributed by atoms with Crippen molar-refractivity contribution in [2.24, 2.45) is 7.05 Å². The fourth-order valence-corrected chi connectivity index (χ4v) is 4.84. The Kier molecular flexibility index (Phi) is 6.10. The van der Waals surface area contributed by atoms with E-state index < -0.39 is 6.16 Å². The number of fused-ring (bicyclic) bond motifs is 2. The number of carbonyl (C=O) groups is 1. The number of aromatic nitrogens is 3. The normalized spacial score (nSPS) is 11.3. The van der Waals surface area contributed by atoms with E-state index >= 15 is 0 Å². The number of aryl methyl sites for hydroxylation is 3. The van der Waals surface area contributed by atoms with E-state index in [0.29, 0.717) is 36.0 Å². The van der Waals surface area contributed by atoms with Crippen molar-refractivity contribution in [3.05, 3.63) is 77.4 Å². The number of ether oxygens (including phenoxy) is 2. The van der Waals surface area contributed by atoms with Gasteiger partial charge in [0.1, 0.15) is 11.6 Å². The molecule has 0 unspecified atom stereocenters. The van der Waals surface area contributed by atoms with Gasteiger partial charge in [-0.25, -0.2) is 9.18 Å². The molecule has 5 rings (SSSR count). The third-order valence-corrected chi connectivity index (χ3v) is 6.53. The monoisotopic (exact) mass is 487 g/mol. The minimum absolute atomic E-state index is 0.205. The number of hydrogen-bond acceptors (Lipinski definition) is 4. The van der Waals surface area contributed by atoms with Crippen LogP contribution in [0.5, 0.6) is 11.6 Å². The molecule has 2 N–H and O–H groups in total. The second kappa shape index (κ2) is 9.37. The summed E-state index contributed by atoms with van der Waals surface area (Å²) in [4.78, 5) is 14.6. The summed E-state index contributed by atoms with van der Waals surface area (Å²) >= 11 is 0. The Morgan fingerprint density at radius 3 is 2.53 bits per heavy atom. The number of halogens is 1. The largest absolute Gasteiger partial charge is 0.512 e. The van der Waals surface area contributed by atoms with Gasteiger partial charge in [0, 0.05) is 45.6 Å². The first-order chi connectivity index (χ1) is 17.3. The average Bonchev–Trinajstić information content (AvgIpc) is 3.31. The molecular weight excluding hydrogens is 461 g/mol. The zero-order chi connectivity index (χ0) is 25.4. The molecule has 184 valence electrons. The van der Waals surface area contributed by atoms with Gasteiger partial charge in [0.05, 0.1) is 17.8 Å². The van der Waals surface area contributed by atoms with Gasteiger partial charge in [-0.15, -0.1) is 0 Å². The summed E-state index contributed by atoms with van der Waals surface area (Å²) in [6, 6.07) is 16.1. The van der Waals surface area contributed by atoms with Crippen molar-refractivity contribution in [2.75, 3.05) is 6.61 Å². The third kappa shape index (κ3) is 4.15. The Hall–Kier alpha value is -4.33. The maximum atomic E-state index is 14.1. The highest BCUT2D eigenvalue weighted by Gasteiger charge is 2.21. The predicted molar refractivity (Wildman–Crippen MR) is 136 cm³/mol. The summed E-state index contributed by atoms with van der Waals surface area (Å²) in [6.45, 7) is 4.33. The van der Waals surface area contributed by atoms with Gasteiger partial charge in [0.2, 0.25) is 5.88 Å². The van der Waals surface area contributed by atoms with Crippen LogP contribution in [-0.4, -0.2) is 32.6 Å². The second-order valence-corrected chi connectivity index (χ2v) is 8.74. The molecule has 7 nitrogen and oxygen atoms in total. The first-order valence-corrected chi connectivity index (χ1v) is 11.7. The lowest BCUT2D eigenvalue weighted by molar-refractivity contribution is 0.142. The molecule has 5 aromatic rings. The second-order valence-electron chi connectivity index (χ2n) is 8.74. The Morgan fingerprint density at radius 1 is 1.06 bits per heavy atom. The zero-order valence-electron chi connectivity index (χ0n) is 20.3. The minimum atomic E-state index is -1.38. The smallest absolute Gasteiger partial charge is 0.493 e. The molecule has 36 heavy (non-hydrogen) atoms. The lowest BCUT2D eigenvalue weighted by atomic mass is 9.99. The Morgan fingerprint density at radius 2 is 1.78 bits per heavy atom. The highest BCUT2D eigenvalue weighted by atomic mass is 19.1. The molecule has 0 bridgehead atoms. The van der Waals surface area contributed by atoms with Gasteiger partial charge in [-0.1, -0.05) is 42.5 Å². The molecule has 0 spiro atoms. The molecule has 2 aromatic heterocycles. The third-order valence-electron chi connectivity index (χ3n) is 6.53. The first-order valence-electron chi connectivity index (χ1n) is 11.7. The van der Waals surface area contributed by atoms with Crippen molar-refractivity contribution in [1.29, 1.82) is 0 Å². The minimum Gasteiger partial charge on any atom is -0.493 e. The van der Waals surface area contributed by atoms with Crippen molar-refractivity contribution in [1.82, 2.24) is 14.8 Å². The van der Waals surface area contributed by atoms with Gasteiger partial charge in [0.25, 0.3) is 0 Å². The Bertz CT molecular complexity index is 1600. The number of benzene rings is 3. The van der Waals surface area contributed by atoms with Gasteiger partial charge < -0.3 is 19.6 Å². The van der Waals surface area contributed by atoms with Crippen LogP contribution in [0.4, 0.5) is 9.18 Å². The van der Waals surface area contributed by atoms with E-state index in [1.54, 1.807) is 18.2 Å². The molecule has 0 atom stereocenters. The van der Waals surface area contributed by atoms with E-state index in [2.05, 4.69) is 10.1 Å². The highest BCUT2D eigenvalue weighted by Crippen LogP contribution is 2.38. The quantitative estimate of drug-likeness (QED) is 0.201. The highest BCUT2D eigenvalue weighted by molar-refractivity contribution is 5.99. The first kappa shape index (κ1) is 23.4. The molecule has 3 aromatic carbocycles. The van der Waals surface area contributed by atoms with Gasteiger partial charge in [-0.2, -0.15) is 5.10 Å². The van der Waals surface area contributed by atoms with E-state index in [9.17, 15) is 14.3 Å². The van der Waals surface area contributed by atoms with Crippen LogP contribution in [0.15, 0.2) is 54.6 Å². The number of para-hydroxylation sites is 1. The zero-order valence-corrected chi connectivity index (χ0v) is 20.3. The van der Waals surface area contributed by atoms with Crippen LogP contribution in [0.3, 0.4) is 0 Å². The number of nitrogens with zero attached hydrogens (tertiary/aromatic N) is 2. The summed E-state index contributed by atoms with van der Waals surface area (Å²) in [5.74, 6) is 0.524. The molecular formula is C28H26FN3O4. The molecule has 0 radical (unpaired) electrons.